The van der Waals surface area contributed by atoms with Crippen molar-refractivity contribution >= 4 is 5.97 Å². The van der Waals surface area contributed by atoms with Crippen molar-refractivity contribution in [3.63, 3.8) is 0 Å². The molecule has 0 fully saturated rings. The number of halogens is 4. The highest BCUT2D eigenvalue weighted by molar-refractivity contribution is 5.93. The highest BCUT2D eigenvalue weighted by atomic mass is 19.4. The normalized spacial score (nSPS) is 16.6. The zero-order valence-electron chi connectivity index (χ0n) is 17.5. The molecule has 0 aromatic heterocycles. The molecular weight excluding hydrogens is 416 g/mol. The Morgan fingerprint density at radius 2 is 2.03 bits per heavy atom. The van der Waals surface area contributed by atoms with E-state index in [1.807, 2.05) is 6.92 Å². The van der Waals surface area contributed by atoms with Crippen molar-refractivity contribution in [3.05, 3.63) is 63.7 Å². The average molecular weight is 440 g/mol. The number of carbonyl (C=O) groups excluding carboxylic acids is 1. The number of esters is 1. The number of hydrogen-bond acceptors (Lipinski definition) is 4. The second-order valence-electron chi connectivity index (χ2n) is 7.06. The third-order valence-electron chi connectivity index (χ3n) is 4.79. The van der Waals surface area contributed by atoms with Crippen LogP contribution in [0.15, 0.2) is 40.9 Å². The average Bonchev–Trinajstić information content (AvgIpc) is 2.70. The highest BCUT2D eigenvalue weighted by Gasteiger charge is 2.37. The van der Waals surface area contributed by atoms with Gasteiger partial charge >= 0.3 is 12.1 Å². The zero-order valence-corrected chi connectivity index (χ0v) is 17.5. The van der Waals surface area contributed by atoms with Crippen LogP contribution >= 0.6 is 0 Å². The molecule has 2 rings (SSSR count). The fourth-order valence-corrected chi connectivity index (χ4v) is 3.46. The van der Waals surface area contributed by atoms with Crippen molar-refractivity contribution in [2.45, 2.75) is 51.6 Å². The number of alkyl halides is 3. The predicted octanol–water partition coefficient (Wildman–Crippen LogP) is 5.61. The van der Waals surface area contributed by atoms with Crippen LogP contribution in [0.2, 0.25) is 0 Å². The molecule has 0 spiro atoms. The fourth-order valence-electron chi connectivity index (χ4n) is 3.46. The standard InChI is InChI=1S/C22H24F4N2O3/c1-5-7-16-19(21(29)31-11-6-10-22(24,25)26)18(20(27-3)13(2)28-16)15-9-8-14(23)12-17(15)30-4/h8-9,12,18,28H,5-7,10-11H2,1-2,4H3. The van der Waals surface area contributed by atoms with Gasteiger partial charge in [0, 0.05) is 23.9 Å². The van der Waals surface area contributed by atoms with E-state index in [4.69, 9.17) is 16.0 Å². The Morgan fingerprint density at radius 3 is 2.61 bits per heavy atom. The second kappa shape index (κ2) is 10.3. The number of nitrogens with one attached hydrogen (secondary N) is 1. The summed E-state index contributed by atoms with van der Waals surface area (Å²) in [5, 5.41) is 3.06. The van der Waals surface area contributed by atoms with Crippen LogP contribution in [-0.2, 0) is 9.53 Å². The summed E-state index contributed by atoms with van der Waals surface area (Å²) in [6.45, 7) is 10.8. The van der Waals surface area contributed by atoms with E-state index in [9.17, 15) is 22.4 Å². The first-order valence-electron chi connectivity index (χ1n) is 9.78. The summed E-state index contributed by atoms with van der Waals surface area (Å²) in [5.41, 5.74) is 1.77. The van der Waals surface area contributed by atoms with Crippen LogP contribution in [0, 0.1) is 12.4 Å². The van der Waals surface area contributed by atoms with Gasteiger partial charge in [-0.15, -0.1) is 0 Å². The van der Waals surface area contributed by atoms with Gasteiger partial charge in [0.15, 0.2) is 5.70 Å². The topological polar surface area (TPSA) is 51.9 Å². The van der Waals surface area contributed by atoms with E-state index in [-0.39, 0.29) is 23.4 Å². The smallest absolute Gasteiger partial charge is 0.389 e. The maximum atomic E-state index is 13.8. The molecule has 9 heteroatoms. The lowest BCUT2D eigenvalue weighted by Gasteiger charge is -2.30. The molecular formula is C22H24F4N2O3. The lowest BCUT2D eigenvalue weighted by molar-refractivity contribution is -0.147. The van der Waals surface area contributed by atoms with Crippen molar-refractivity contribution < 1.29 is 31.8 Å². The summed E-state index contributed by atoms with van der Waals surface area (Å²) in [4.78, 5) is 16.6. The van der Waals surface area contributed by atoms with Crippen LogP contribution in [0.3, 0.4) is 0 Å². The second-order valence-corrected chi connectivity index (χ2v) is 7.06. The monoisotopic (exact) mass is 440 g/mol. The first kappa shape index (κ1) is 24.3. The first-order chi connectivity index (χ1) is 14.6. The van der Waals surface area contributed by atoms with Crippen LogP contribution in [0.25, 0.3) is 4.85 Å². The van der Waals surface area contributed by atoms with Gasteiger partial charge in [-0.2, -0.15) is 13.2 Å². The minimum Gasteiger partial charge on any atom is -0.496 e. The largest absolute Gasteiger partial charge is 0.496 e. The van der Waals surface area contributed by atoms with Gasteiger partial charge in [0.1, 0.15) is 11.6 Å². The number of ether oxygens (including phenoxy) is 2. The summed E-state index contributed by atoms with van der Waals surface area (Å²) >= 11 is 0. The molecule has 0 bridgehead atoms. The quantitative estimate of drug-likeness (QED) is 0.247. The van der Waals surface area contributed by atoms with Crippen molar-refractivity contribution in [1.82, 2.24) is 5.32 Å². The van der Waals surface area contributed by atoms with Gasteiger partial charge in [-0.1, -0.05) is 19.4 Å². The van der Waals surface area contributed by atoms with Gasteiger partial charge in [-0.05, 0) is 31.4 Å². The molecule has 0 saturated heterocycles. The number of allylic oxidation sites excluding steroid dienone is 3. The summed E-state index contributed by atoms with van der Waals surface area (Å²) in [7, 11) is 1.35. The Labute approximate surface area is 178 Å². The molecule has 0 aliphatic carbocycles. The van der Waals surface area contributed by atoms with Crippen LogP contribution < -0.4 is 10.1 Å². The van der Waals surface area contributed by atoms with E-state index in [0.29, 0.717) is 29.8 Å². The number of benzene rings is 1. The van der Waals surface area contributed by atoms with Crippen LogP contribution in [-0.4, -0.2) is 25.9 Å². The maximum Gasteiger partial charge on any atom is 0.389 e. The third kappa shape index (κ3) is 6.00. The van der Waals surface area contributed by atoms with Gasteiger partial charge < -0.3 is 14.8 Å². The predicted molar refractivity (Wildman–Crippen MR) is 106 cm³/mol. The lowest BCUT2D eigenvalue weighted by atomic mass is 9.82. The number of dihydropyridines is 1. The van der Waals surface area contributed by atoms with E-state index in [1.54, 1.807) is 6.92 Å². The SMILES string of the molecule is [C-]#[N+]C1=C(C)NC(CCC)=C(C(=O)OCCCC(F)(F)F)C1c1ccc(F)cc1OC. The molecule has 5 nitrogen and oxygen atoms in total. The molecule has 1 unspecified atom stereocenters. The van der Waals surface area contributed by atoms with E-state index in [2.05, 4.69) is 10.2 Å². The molecule has 0 saturated carbocycles. The van der Waals surface area contributed by atoms with Gasteiger partial charge in [-0.3, -0.25) is 0 Å². The van der Waals surface area contributed by atoms with Gasteiger partial charge in [0.2, 0.25) is 0 Å². The van der Waals surface area contributed by atoms with E-state index in [1.165, 1.54) is 19.2 Å². The molecule has 31 heavy (non-hydrogen) atoms. The fraction of sp³-hybridized carbons (Fsp3) is 0.455. The number of hydrogen-bond donors (Lipinski definition) is 1. The number of nitrogens with zero attached hydrogens (tertiary/aromatic N) is 1. The van der Waals surface area contributed by atoms with Gasteiger partial charge in [0.05, 0.1) is 31.8 Å². The Bertz CT molecular complexity index is 930. The zero-order chi connectivity index (χ0) is 23.2. The molecule has 1 heterocycles. The molecule has 0 amide bonds. The Balaban J connectivity index is 2.49. The number of rotatable bonds is 8. The van der Waals surface area contributed by atoms with Crippen LogP contribution in [0.5, 0.6) is 5.75 Å². The minimum absolute atomic E-state index is 0.121. The summed E-state index contributed by atoms with van der Waals surface area (Å²) < 4.78 is 61.4. The van der Waals surface area contributed by atoms with Crippen LogP contribution in [0.4, 0.5) is 17.6 Å². The first-order valence-corrected chi connectivity index (χ1v) is 9.78. The third-order valence-corrected chi connectivity index (χ3v) is 4.79. The Hall–Kier alpha value is -3.02. The summed E-state index contributed by atoms with van der Waals surface area (Å²) in [6, 6.07) is 3.78. The molecule has 1 N–H and O–H groups in total. The van der Waals surface area contributed by atoms with Crippen molar-refractivity contribution in [2.24, 2.45) is 0 Å². The Morgan fingerprint density at radius 1 is 1.32 bits per heavy atom. The van der Waals surface area contributed by atoms with Crippen molar-refractivity contribution in [1.29, 1.82) is 0 Å². The van der Waals surface area contributed by atoms with E-state index in [0.717, 1.165) is 6.07 Å². The van der Waals surface area contributed by atoms with Crippen molar-refractivity contribution in [3.8, 4) is 5.75 Å². The molecule has 1 aliphatic rings. The van der Waals surface area contributed by atoms with Gasteiger partial charge in [-0.25, -0.2) is 14.0 Å². The summed E-state index contributed by atoms with van der Waals surface area (Å²) in [5.74, 6) is -2.11. The highest BCUT2D eigenvalue weighted by Crippen LogP contribution is 2.43. The number of methoxy groups -OCH3 is 1. The van der Waals surface area contributed by atoms with Gasteiger partial charge in [0.25, 0.3) is 0 Å². The van der Waals surface area contributed by atoms with Crippen molar-refractivity contribution in [2.75, 3.05) is 13.7 Å². The molecule has 1 aromatic carbocycles. The van der Waals surface area contributed by atoms with E-state index >= 15 is 0 Å². The molecule has 0 radical (unpaired) electrons. The molecule has 1 aliphatic heterocycles. The minimum atomic E-state index is -4.34. The molecule has 168 valence electrons. The van der Waals surface area contributed by atoms with Crippen LogP contribution in [0.1, 0.15) is 51.0 Å². The summed E-state index contributed by atoms with van der Waals surface area (Å²) in [6.07, 6.45) is -4.65. The molecule has 1 atom stereocenters. The lowest BCUT2D eigenvalue weighted by Crippen LogP contribution is -2.30. The van der Waals surface area contributed by atoms with E-state index < -0.39 is 36.9 Å². The maximum absolute atomic E-state index is 13.8. The Kier molecular flexibility index (Phi) is 8.08. The number of carbonyl (C=O) groups is 1. The molecule has 1 aromatic rings.